The Morgan fingerprint density at radius 1 is 1.32 bits per heavy atom. The van der Waals surface area contributed by atoms with Gasteiger partial charge < -0.3 is 10.1 Å². The van der Waals surface area contributed by atoms with Crippen LogP contribution in [-0.2, 0) is 21.3 Å². The third kappa shape index (κ3) is 3.54. The molecular weight excluding hydrogens is 264 g/mol. The largest absolute Gasteiger partial charge is 0.380 e. The van der Waals surface area contributed by atoms with Crippen molar-refractivity contribution in [3.8, 4) is 0 Å². The highest BCUT2D eigenvalue weighted by atomic mass is 32.2. The molecule has 0 saturated carbocycles. The van der Waals surface area contributed by atoms with E-state index in [-0.39, 0.29) is 0 Å². The Labute approximate surface area is 114 Å². The quantitative estimate of drug-likeness (QED) is 0.869. The number of nitrogens with one attached hydrogen (secondary N) is 1. The number of hydrogen-bond donors (Lipinski definition) is 1. The van der Waals surface area contributed by atoms with E-state index in [9.17, 15) is 8.42 Å². The minimum absolute atomic E-state index is 0.324. The van der Waals surface area contributed by atoms with Gasteiger partial charge in [-0.15, -0.1) is 0 Å². The summed E-state index contributed by atoms with van der Waals surface area (Å²) in [6, 6.07) is 7.40. The molecule has 1 atom stereocenters. The van der Waals surface area contributed by atoms with Crippen molar-refractivity contribution in [1.82, 2.24) is 9.62 Å². The molecule has 0 spiro atoms. The lowest BCUT2D eigenvalue weighted by Crippen LogP contribution is -2.28. The SMILES string of the molecule is CN(C)S(=O)(=O)c1ccc(CNC2CCOC2)cc1. The monoisotopic (exact) mass is 284 g/mol. The van der Waals surface area contributed by atoms with E-state index in [2.05, 4.69) is 5.32 Å². The second kappa shape index (κ2) is 6.00. The molecule has 0 radical (unpaired) electrons. The fraction of sp³-hybridized carbons (Fsp3) is 0.538. The van der Waals surface area contributed by atoms with Crippen LogP contribution in [0.4, 0.5) is 0 Å². The van der Waals surface area contributed by atoms with Crippen molar-refractivity contribution >= 4 is 10.0 Å². The van der Waals surface area contributed by atoms with Crippen LogP contribution in [0.2, 0.25) is 0 Å². The molecule has 1 heterocycles. The summed E-state index contributed by atoms with van der Waals surface area (Å²) in [6.07, 6.45) is 1.03. The molecule has 1 unspecified atom stereocenters. The van der Waals surface area contributed by atoms with Crippen molar-refractivity contribution in [3.05, 3.63) is 29.8 Å². The van der Waals surface area contributed by atoms with Crippen LogP contribution >= 0.6 is 0 Å². The van der Waals surface area contributed by atoms with E-state index in [1.807, 2.05) is 12.1 Å². The first-order valence-corrected chi connectivity index (χ1v) is 7.77. The van der Waals surface area contributed by atoms with Gasteiger partial charge in [0, 0.05) is 33.3 Å². The second-order valence-corrected chi connectivity index (χ2v) is 7.02. The topological polar surface area (TPSA) is 58.6 Å². The number of nitrogens with zero attached hydrogens (tertiary/aromatic N) is 1. The van der Waals surface area contributed by atoms with Gasteiger partial charge in [0.2, 0.25) is 10.0 Å². The Morgan fingerprint density at radius 3 is 2.53 bits per heavy atom. The molecule has 106 valence electrons. The van der Waals surface area contributed by atoms with Crippen molar-refractivity contribution in [2.75, 3.05) is 27.3 Å². The Hall–Kier alpha value is -0.950. The number of ether oxygens (including phenoxy) is 1. The minimum atomic E-state index is -3.33. The lowest BCUT2D eigenvalue weighted by molar-refractivity contribution is 0.190. The zero-order valence-corrected chi connectivity index (χ0v) is 12.1. The van der Waals surface area contributed by atoms with Gasteiger partial charge in [0.05, 0.1) is 11.5 Å². The average molecular weight is 284 g/mol. The van der Waals surface area contributed by atoms with Crippen LogP contribution in [0.1, 0.15) is 12.0 Å². The number of rotatable bonds is 5. The normalized spacial score (nSPS) is 20.1. The van der Waals surface area contributed by atoms with Gasteiger partial charge in [-0.3, -0.25) is 0 Å². The summed E-state index contributed by atoms with van der Waals surface area (Å²) in [6.45, 7) is 2.31. The van der Waals surface area contributed by atoms with Crippen molar-refractivity contribution in [2.24, 2.45) is 0 Å². The second-order valence-electron chi connectivity index (χ2n) is 4.87. The predicted octanol–water partition coefficient (Wildman–Crippen LogP) is 0.815. The van der Waals surface area contributed by atoms with Gasteiger partial charge in [0.25, 0.3) is 0 Å². The Kier molecular flexibility index (Phi) is 4.57. The highest BCUT2D eigenvalue weighted by Gasteiger charge is 2.17. The molecule has 0 bridgehead atoms. The van der Waals surface area contributed by atoms with Gasteiger partial charge in [0.1, 0.15) is 0 Å². The van der Waals surface area contributed by atoms with Gasteiger partial charge in [-0.1, -0.05) is 12.1 Å². The summed E-state index contributed by atoms with van der Waals surface area (Å²) < 4.78 is 30.3. The van der Waals surface area contributed by atoms with Crippen LogP contribution in [0.5, 0.6) is 0 Å². The first-order valence-electron chi connectivity index (χ1n) is 6.33. The van der Waals surface area contributed by atoms with Crippen molar-refractivity contribution in [1.29, 1.82) is 0 Å². The molecular formula is C13H20N2O3S. The maximum Gasteiger partial charge on any atom is 0.242 e. The molecule has 0 aliphatic carbocycles. The molecule has 1 saturated heterocycles. The molecule has 0 amide bonds. The number of sulfonamides is 1. The molecule has 1 fully saturated rings. The van der Waals surface area contributed by atoms with E-state index in [0.717, 1.165) is 31.7 Å². The van der Waals surface area contributed by atoms with Crippen molar-refractivity contribution < 1.29 is 13.2 Å². The van der Waals surface area contributed by atoms with Gasteiger partial charge >= 0.3 is 0 Å². The molecule has 19 heavy (non-hydrogen) atoms. The lowest BCUT2D eigenvalue weighted by Gasteiger charge is -2.13. The Balaban J connectivity index is 1.98. The highest BCUT2D eigenvalue weighted by molar-refractivity contribution is 7.89. The summed E-state index contributed by atoms with van der Waals surface area (Å²) in [5.74, 6) is 0. The third-order valence-electron chi connectivity index (χ3n) is 3.23. The molecule has 6 heteroatoms. The fourth-order valence-electron chi connectivity index (χ4n) is 1.95. The van der Waals surface area contributed by atoms with Crippen LogP contribution in [0, 0.1) is 0 Å². The van der Waals surface area contributed by atoms with Crippen LogP contribution in [0.3, 0.4) is 0 Å². The third-order valence-corrected chi connectivity index (χ3v) is 5.06. The van der Waals surface area contributed by atoms with Gasteiger partial charge in [-0.05, 0) is 24.1 Å². The molecule has 0 aromatic heterocycles. The summed E-state index contributed by atoms with van der Waals surface area (Å²) in [5.41, 5.74) is 1.07. The first kappa shape index (κ1) is 14.5. The van der Waals surface area contributed by atoms with Crippen LogP contribution in [0.25, 0.3) is 0 Å². The van der Waals surface area contributed by atoms with Gasteiger partial charge in [-0.25, -0.2) is 12.7 Å². The summed E-state index contributed by atoms with van der Waals surface area (Å²) in [5, 5.41) is 3.39. The molecule has 1 aromatic rings. The molecule has 1 aliphatic rings. The Morgan fingerprint density at radius 2 is 2.00 bits per heavy atom. The fourth-order valence-corrected chi connectivity index (χ4v) is 2.85. The lowest BCUT2D eigenvalue weighted by atomic mass is 10.2. The predicted molar refractivity (Wildman–Crippen MR) is 73.4 cm³/mol. The summed E-state index contributed by atoms with van der Waals surface area (Å²) in [4.78, 5) is 0.324. The van der Waals surface area contributed by atoms with Crippen molar-refractivity contribution in [2.45, 2.75) is 23.9 Å². The molecule has 1 aliphatic heterocycles. The number of hydrogen-bond acceptors (Lipinski definition) is 4. The number of benzene rings is 1. The highest BCUT2D eigenvalue weighted by Crippen LogP contribution is 2.14. The zero-order chi connectivity index (χ0) is 13.9. The van der Waals surface area contributed by atoms with Gasteiger partial charge in [0.15, 0.2) is 0 Å². The maximum atomic E-state index is 11.9. The average Bonchev–Trinajstić information content (AvgIpc) is 2.90. The standard InChI is InChI=1S/C13H20N2O3S/c1-15(2)19(16,17)13-5-3-11(4-6-13)9-14-12-7-8-18-10-12/h3-6,12,14H,7-10H2,1-2H3. The van der Waals surface area contributed by atoms with E-state index in [1.165, 1.54) is 18.4 Å². The first-order chi connectivity index (χ1) is 9.00. The summed E-state index contributed by atoms with van der Waals surface area (Å²) >= 11 is 0. The van der Waals surface area contributed by atoms with E-state index < -0.39 is 10.0 Å². The molecule has 1 N–H and O–H groups in total. The molecule has 1 aromatic carbocycles. The van der Waals surface area contributed by atoms with E-state index >= 15 is 0 Å². The van der Waals surface area contributed by atoms with Crippen molar-refractivity contribution in [3.63, 3.8) is 0 Å². The van der Waals surface area contributed by atoms with E-state index in [1.54, 1.807) is 12.1 Å². The van der Waals surface area contributed by atoms with Crippen LogP contribution in [0.15, 0.2) is 29.2 Å². The van der Waals surface area contributed by atoms with Crippen LogP contribution in [-0.4, -0.2) is 46.1 Å². The Bertz CT molecular complexity index is 505. The van der Waals surface area contributed by atoms with E-state index in [4.69, 9.17) is 4.74 Å². The van der Waals surface area contributed by atoms with Gasteiger partial charge in [-0.2, -0.15) is 0 Å². The molecule has 2 rings (SSSR count). The smallest absolute Gasteiger partial charge is 0.242 e. The maximum absolute atomic E-state index is 11.9. The zero-order valence-electron chi connectivity index (χ0n) is 11.3. The van der Waals surface area contributed by atoms with Crippen LogP contribution < -0.4 is 5.32 Å². The molecule has 5 nitrogen and oxygen atoms in total. The van der Waals surface area contributed by atoms with E-state index in [0.29, 0.717) is 10.9 Å². The summed E-state index contributed by atoms with van der Waals surface area (Å²) in [7, 11) is -0.266. The minimum Gasteiger partial charge on any atom is -0.380 e.